The number of anilines is 1. The standard InChI is InChI=1S/C21H25F2N3S/c1-15-8-9-24-19(11-15)25-20(27)26-10-4-6-17(14-26)12-16-5-3-7-18(13-16)21(2,22)23/h3,5,7-9,11,13,17H,4,6,10,12,14H2,1-2H3,(H,24,25,27). The average Bonchev–Trinajstić information content (AvgIpc) is 2.61. The second-order valence-electron chi connectivity index (χ2n) is 7.40. The number of hydrogen-bond donors (Lipinski definition) is 1. The Morgan fingerprint density at radius 1 is 1.33 bits per heavy atom. The first-order chi connectivity index (χ1) is 12.8. The van der Waals surface area contributed by atoms with E-state index >= 15 is 0 Å². The number of hydrogen-bond acceptors (Lipinski definition) is 2. The third kappa shape index (κ3) is 5.45. The van der Waals surface area contributed by atoms with E-state index in [0.717, 1.165) is 56.2 Å². The van der Waals surface area contributed by atoms with Crippen molar-refractivity contribution in [2.45, 2.75) is 39.0 Å². The minimum absolute atomic E-state index is 0.0791. The molecule has 2 heterocycles. The highest BCUT2D eigenvalue weighted by Gasteiger charge is 2.26. The van der Waals surface area contributed by atoms with Gasteiger partial charge >= 0.3 is 0 Å². The lowest BCUT2D eigenvalue weighted by Gasteiger charge is -2.34. The van der Waals surface area contributed by atoms with Crippen molar-refractivity contribution >= 4 is 23.1 Å². The number of aryl methyl sites for hydroxylation is 1. The number of alkyl halides is 2. The molecule has 1 aromatic carbocycles. The van der Waals surface area contributed by atoms with Gasteiger partial charge in [0.1, 0.15) is 5.82 Å². The van der Waals surface area contributed by atoms with Gasteiger partial charge in [0.2, 0.25) is 0 Å². The first-order valence-corrected chi connectivity index (χ1v) is 9.68. The van der Waals surface area contributed by atoms with Crippen LogP contribution in [0.25, 0.3) is 0 Å². The number of benzene rings is 1. The predicted molar refractivity (Wildman–Crippen MR) is 109 cm³/mol. The largest absolute Gasteiger partial charge is 0.349 e. The van der Waals surface area contributed by atoms with Crippen LogP contribution in [-0.4, -0.2) is 28.1 Å². The van der Waals surface area contributed by atoms with Crippen molar-refractivity contribution in [1.82, 2.24) is 9.88 Å². The maximum atomic E-state index is 13.6. The van der Waals surface area contributed by atoms with E-state index in [9.17, 15) is 8.78 Å². The minimum Gasteiger partial charge on any atom is -0.349 e. The van der Waals surface area contributed by atoms with Crippen LogP contribution in [0.5, 0.6) is 0 Å². The van der Waals surface area contributed by atoms with Gasteiger partial charge in [0.05, 0.1) is 0 Å². The lowest BCUT2D eigenvalue weighted by atomic mass is 9.90. The van der Waals surface area contributed by atoms with Gasteiger partial charge < -0.3 is 10.2 Å². The quantitative estimate of drug-likeness (QED) is 0.732. The Labute approximate surface area is 164 Å². The second kappa shape index (κ2) is 8.30. The van der Waals surface area contributed by atoms with Gasteiger partial charge in [0, 0.05) is 31.8 Å². The van der Waals surface area contributed by atoms with Gasteiger partial charge in [0.15, 0.2) is 5.11 Å². The molecule has 3 nitrogen and oxygen atoms in total. The SMILES string of the molecule is Cc1ccnc(NC(=S)N2CCCC(Cc3cccc(C(C)(F)F)c3)C2)c1. The van der Waals surface area contributed by atoms with Gasteiger partial charge in [-0.05, 0) is 73.6 Å². The van der Waals surface area contributed by atoms with Crippen LogP contribution in [0, 0.1) is 12.8 Å². The van der Waals surface area contributed by atoms with E-state index in [4.69, 9.17) is 12.2 Å². The zero-order valence-electron chi connectivity index (χ0n) is 15.7. The molecule has 0 spiro atoms. The Hall–Kier alpha value is -2.08. The van der Waals surface area contributed by atoms with E-state index in [2.05, 4.69) is 15.2 Å². The third-order valence-electron chi connectivity index (χ3n) is 4.91. The normalized spacial score (nSPS) is 17.6. The van der Waals surface area contributed by atoms with Crippen LogP contribution in [0.2, 0.25) is 0 Å². The Bertz CT molecular complexity index is 804. The summed E-state index contributed by atoms with van der Waals surface area (Å²) in [5, 5.41) is 3.89. The van der Waals surface area contributed by atoms with Gasteiger partial charge in [-0.3, -0.25) is 0 Å². The highest BCUT2D eigenvalue weighted by molar-refractivity contribution is 7.80. The van der Waals surface area contributed by atoms with Crippen molar-refractivity contribution in [2.75, 3.05) is 18.4 Å². The first-order valence-electron chi connectivity index (χ1n) is 9.27. The molecule has 144 valence electrons. The van der Waals surface area contributed by atoms with Crippen LogP contribution in [0.15, 0.2) is 42.6 Å². The number of piperidine rings is 1. The van der Waals surface area contributed by atoms with Gasteiger partial charge in [-0.15, -0.1) is 0 Å². The van der Waals surface area contributed by atoms with E-state index in [-0.39, 0.29) is 5.56 Å². The van der Waals surface area contributed by atoms with Crippen molar-refractivity contribution in [3.8, 4) is 0 Å². The highest BCUT2D eigenvalue weighted by Crippen LogP contribution is 2.29. The molecule has 6 heteroatoms. The van der Waals surface area contributed by atoms with Crippen molar-refractivity contribution in [3.63, 3.8) is 0 Å². The molecule has 0 saturated carbocycles. The molecule has 3 rings (SSSR count). The molecule has 1 unspecified atom stereocenters. The van der Waals surface area contributed by atoms with Crippen molar-refractivity contribution in [2.24, 2.45) is 5.92 Å². The number of nitrogens with zero attached hydrogens (tertiary/aromatic N) is 2. The van der Waals surface area contributed by atoms with Gasteiger partial charge in [-0.1, -0.05) is 18.2 Å². The molecule has 1 aromatic heterocycles. The van der Waals surface area contributed by atoms with Crippen LogP contribution in [-0.2, 0) is 12.3 Å². The fraction of sp³-hybridized carbons (Fsp3) is 0.429. The Morgan fingerprint density at radius 2 is 2.15 bits per heavy atom. The van der Waals surface area contributed by atoms with E-state index in [0.29, 0.717) is 11.0 Å². The molecule has 0 amide bonds. The lowest BCUT2D eigenvalue weighted by molar-refractivity contribution is 0.0174. The second-order valence-corrected chi connectivity index (χ2v) is 7.78. The van der Waals surface area contributed by atoms with Gasteiger partial charge in [0.25, 0.3) is 5.92 Å². The maximum absolute atomic E-state index is 13.6. The average molecular weight is 390 g/mol. The van der Waals surface area contributed by atoms with Crippen LogP contribution >= 0.6 is 12.2 Å². The molecule has 1 fully saturated rings. The summed E-state index contributed by atoms with van der Waals surface area (Å²) in [5.74, 6) is -1.66. The van der Waals surface area contributed by atoms with Crippen LogP contribution in [0.3, 0.4) is 0 Å². The molecule has 0 aliphatic carbocycles. The number of aromatic nitrogens is 1. The summed E-state index contributed by atoms with van der Waals surface area (Å²) < 4.78 is 27.2. The fourth-order valence-corrected chi connectivity index (χ4v) is 3.78. The number of pyridine rings is 1. The highest BCUT2D eigenvalue weighted by atomic mass is 32.1. The summed E-state index contributed by atoms with van der Waals surface area (Å²) in [6.45, 7) is 4.68. The number of rotatable bonds is 4. The van der Waals surface area contributed by atoms with Crippen molar-refractivity contribution in [1.29, 1.82) is 0 Å². The number of likely N-dealkylation sites (tertiary alicyclic amines) is 1. The molecule has 0 bridgehead atoms. The van der Waals surface area contributed by atoms with Crippen LogP contribution in [0.1, 0.15) is 36.5 Å². The molecule has 1 aliphatic rings. The monoisotopic (exact) mass is 389 g/mol. The van der Waals surface area contributed by atoms with E-state index < -0.39 is 5.92 Å². The molecule has 1 aliphatic heterocycles. The summed E-state index contributed by atoms with van der Waals surface area (Å²) >= 11 is 5.56. The molecule has 1 atom stereocenters. The third-order valence-corrected chi connectivity index (χ3v) is 5.28. The zero-order chi connectivity index (χ0) is 19.4. The van der Waals surface area contributed by atoms with Crippen LogP contribution < -0.4 is 5.32 Å². The predicted octanol–water partition coefficient (Wildman–Crippen LogP) is 5.15. The van der Waals surface area contributed by atoms with Gasteiger partial charge in [-0.25, -0.2) is 13.8 Å². The molecular formula is C21H25F2N3S. The molecule has 1 saturated heterocycles. The number of nitrogens with one attached hydrogen (secondary N) is 1. The zero-order valence-corrected chi connectivity index (χ0v) is 16.5. The minimum atomic E-state index is -2.80. The topological polar surface area (TPSA) is 28.2 Å². The lowest BCUT2D eigenvalue weighted by Crippen LogP contribution is -2.42. The van der Waals surface area contributed by atoms with Crippen molar-refractivity contribution < 1.29 is 8.78 Å². The van der Waals surface area contributed by atoms with Crippen molar-refractivity contribution in [3.05, 3.63) is 59.3 Å². The Morgan fingerprint density at radius 3 is 2.89 bits per heavy atom. The van der Waals surface area contributed by atoms with Gasteiger partial charge in [-0.2, -0.15) is 0 Å². The van der Waals surface area contributed by atoms with E-state index in [1.165, 1.54) is 6.07 Å². The molecular weight excluding hydrogens is 364 g/mol. The summed E-state index contributed by atoms with van der Waals surface area (Å²) in [7, 11) is 0. The molecule has 27 heavy (non-hydrogen) atoms. The van der Waals surface area contributed by atoms with Crippen LogP contribution in [0.4, 0.5) is 14.6 Å². The van der Waals surface area contributed by atoms with E-state index in [1.54, 1.807) is 18.3 Å². The fourth-order valence-electron chi connectivity index (χ4n) is 3.51. The smallest absolute Gasteiger partial charge is 0.270 e. The molecule has 1 N–H and O–H groups in total. The Balaban J connectivity index is 1.61. The first kappa shape index (κ1) is 19.7. The summed E-state index contributed by atoms with van der Waals surface area (Å²) in [6, 6.07) is 10.7. The molecule has 2 aromatic rings. The summed E-state index contributed by atoms with van der Waals surface area (Å²) in [6.07, 6.45) is 4.66. The number of thiocarbonyl (C=S) groups is 1. The summed E-state index contributed by atoms with van der Waals surface area (Å²) in [4.78, 5) is 6.46. The molecule has 0 radical (unpaired) electrons. The summed E-state index contributed by atoms with van der Waals surface area (Å²) in [5.41, 5.74) is 2.16. The maximum Gasteiger partial charge on any atom is 0.270 e. The number of halogens is 2. The Kier molecular flexibility index (Phi) is 6.05. The van der Waals surface area contributed by atoms with E-state index in [1.807, 2.05) is 25.1 Å².